The van der Waals surface area contributed by atoms with Crippen LogP contribution in [-0.2, 0) is 10.0 Å². The van der Waals surface area contributed by atoms with Crippen molar-refractivity contribution in [2.75, 3.05) is 38.7 Å². The van der Waals surface area contributed by atoms with Crippen molar-refractivity contribution < 1.29 is 27.4 Å². The first-order valence-corrected chi connectivity index (χ1v) is 11.7. The lowest BCUT2D eigenvalue weighted by atomic mass is 10.2. The molecule has 1 aliphatic rings. The molecule has 1 saturated heterocycles. The normalized spacial score (nSPS) is 14.3. The Morgan fingerprint density at radius 3 is 2.26 bits per heavy atom. The summed E-state index contributed by atoms with van der Waals surface area (Å²) in [6.07, 6.45) is 1.67. The SMILES string of the molecule is CCOc1ccc(C(=O)Nc2ccc(OCC)c(S(=O)(=O)N3CCCC3)c2)cc1OC. The van der Waals surface area contributed by atoms with Crippen LogP contribution in [0.3, 0.4) is 0 Å². The van der Waals surface area contributed by atoms with Crippen LogP contribution >= 0.6 is 0 Å². The highest BCUT2D eigenvalue weighted by atomic mass is 32.2. The summed E-state index contributed by atoms with van der Waals surface area (Å²) < 4.78 is 44.0. The number of nitrogens with one attached hydrogen (secondary N) is 1. The van der Waals surface area contributed by atoms with E-state index < -0.39 is 15.9 Å². The molecule has 168 valence electrons. The third-order valence-corrected chi connectivity index (χ3v) is 6.83. The van der Waals surface area contributed by atoms with E-state index in [2.05, 4.69) is 5.32 Å². The number of hydrogen-bond donors (Lipinski definition) is 1. The van der Waals surface area contributed by atoms with E-state index in [1.54, 1.807) is 37.3 Å². The Kier molecular flexibility index (Phi) is 7.40. The molecule has 0 saturated carbocycles. The molecule has 9 heteroatoms. The van der Waals surface area contributed by atoms with Gasteiger partial charge in [-0.1, -0.05) is 0 Å². The van der Waals surface area contributed by atoms with Crippen molar-refractivity contribution in [3.05, 3.63) is 42.0 Å². The summed E-state index contributed by atoms with van der Waals surface area (Å²) in [4.78, 5) is 12.8. The highest BCUT2D eigenvalue weighted by Crippen LogP contribution is 2.32. The number of ether oxygens (including phenoxy) is 3. The number of rotatable bonds is 9. The van der Waals surface area contributed by atoms with Gasteiger partial charge < -0.3 is 19.5 Å². The minimum Gasteiger partial charge on any atom is -0.493 e. The van der Waals surface area contributed by atoms with Crippen molar-refractivity contribution in [1.29, 1.82) is 0 Å². The maximum atomic E-state index is 13.1. The van der Waals surface area contributed by atoms with Crippen LogP contribution in [0.4, 0.5) is 5.69 Å². The van der Waals surface area contributed by atoms with Crippen molar-refractivity contribution in [2.45, 2.75) is 31.6 Å². The predicted octanol–water partition coefficient (Wildman–Crippen LogP) is 3.53. The average molecular weight is 449 g/mol. The topological polar surface area (TPSA) is 94.2 Å². The van der Waals surface area contributed by atoms with E-state index in [-0.39, 0.29) is 10.6 Å². The van der Waals surface area contributed by atoms with E-state index >= 15 is 0 Å². The molecule has 1 fully saturated rings. The van der Waals surface area contributed by atoms with Gasteiger partial charge in [0.05, 0.1) is 20.3 Å². The Morgan fingerprint density at radius 1 is 0.968 bits per heavy atom. The molecule has 0 aromatic heterocycles. The molecule has 1 aliphatic heterocycles. The fourth-order valence-corrected chi connectivity index (χ4v) is 5.09. The third kappa shape index (κ3) is 5.11. The van der Waals surface area contributed by atoms with Crippen LogP contribution in [0.5, 0.6) is 17.2 Å². The van der Waals surface area contributed by atoms with Crippen LogP contribution in [0.25, 0.3) is 0 Å². The van der Waals surface area contributed by atoms with Gasteiger partial charge in [0, 0.05) is 24.3 Å². The van der Waals surface area contributed by atoms with Crippen LogP contribution in [-0.4, -0.2) is 52.0 Å². The molecule has 8 nitrogen and oxygen atoms in total. The van der Waals surface area contributed by atoms with Gasteiger partial charge in [-0.2, -0.15) is 4.31 Å². The Labute approximate surface area is 183 Å². The van der Waals surface area contributed by atoms with Crippen LogP contribution in [0.2, 0.25) is 0 Å². The summed E-state index contributed by atoms with van der Waals surface area (Å²) >= 11 is 0. The molecular weight excluding hydrogens is 420 g/mol. The molecule has 1 amide bonds. The Hall–Kier alpha value is -2.78. The Balaban J connectivity index is 1.89. The molecule has 2 aromatic rings. The van der Waals surface area contributed by atoms with Crippen LogP contribution in [0.15, 0.2) is 41.3 Å². The molecule has 0 bridgehead atoms. The van der Waals surface area contributed by atoms with Crippen LogP contribution in [0, 0.1) is 0 Å². The maximum absolute atomic E-state index is 13.1. The molecule has 1 N–H and O–H groups in total. The number of benzene rings is 2. The van der Waals surface area contributed by atoms with Gasteiger partial charge in [-0.25, -0.2) is 8.42 Å². The lowest BCUT2D eigenvalue weighted by molar-refractivity contribution is 0.102. The summed E-state index contributed by atoms with van der Waals surface area (Å²) in [5, 5.41) is 2.76. The first-order valence-electron chi connectivity index (χ1n) is 10.3. The molecule has 3 rings (SSSR count). The number of carbonyl (C=O) groups excluding carboxylic acids is 1. The van der Waals surface area contributed by atoms with Gasteiger partial charge in [-0.3, -0.25) is 4.79 Å². The Morgan fingerprint density at radius 2 is 1.61 bits per heavy atom. The molecule has 0 atom stereocenters. The predicted molar refractivity (Wildman–Crippen MR) is 118 cm³/mol. The number of anilines is 1. The van der Waals surface area contributed by atoms with Crippen molar-refractivity contribution in [3.8, 4) is 17.2 Å². The zero-order valence-corrected chi connectivity index (χ0v) is 18.8. The first-order chi connectivity index (χ1) is 14.9. The second kappa shape index (κ2) is 10.0. The summed E-state index contributed by atoms with van der Waals surface area (Å²) in [5.41, 5.74) is 0.720. The maximum Gasteiger partial charge on any atom is 0.255 e. The lowest BCUT2D eigenvalue weighted by Gasteiger charge is -2.19. The van der Waals surface area contributed by atoms with Gasteiger partial charge in [0.2, 0.25) is 10.0 Å². The molecule has 0 radical (unpaired) electrons. The lowest BCUT2D eigenvalue weighted by Crippen LogP contribution is -2.28. The Bertz CT molecular complexity index is 1030. The molecule has 2 aromatic carbocycles. The zero-order valence-electron chi connectivity index (χ0n) is 18.0. The minimum absolute atomic E-state index is 0.0540. The van der Waals surface area contributed by atoms with E-state index in [1.165, 1.54) is 17.5 Å². The van der Waals surface area contributed by atoms with E-state index in [9.17, 15) is 13.2 Å². The average Bonchev–Trinajstić information content (AvgIpc) is 3.31. The third-order valence-electron chi connectivity index (χ3n) is 4.91. The van der Waals surface area contributed by atoms with Crippen molar-refractivity contribution in [2.24, 2.45) is 0 Å². The highest BCUT2D eigenvalue weighted by molar-refractivity contribution is 7.89. The second-order valence-corrected chi connectivity index (χ2v) is 8.86. The van der Waals surface area contributed by atoms with Crippen molar-refractivity contribution in [3.63, 3.8) is 0 Å². The largest absolute Gasteiger partial charge is 0.493 e. The number of hydrogen-bond acceptors (Lipinski definition) is 6. The number of amides is 1. The van der Waals surface area contributed by atoms with Gasteiger partial charge in [0.25, 0.3) is 5.91 Å². The molecular formula is C22H28N2O6S. The molecule has 0 unspecified atom stereocenters. The van der Waals surface area contributed by atoms with Crippen LogP contribution in [0.1, 0.15) is 37.0 Å². The second-order valence-electron chi connectivity index (χ2n) is 6.96. The van der Waals surface area contributed by atoms with Gasteiger partial charge in [-0.05, 0) is 63.1 Å². The van der Waals surface area contributed by atoms with E-state index in [1.807, 2.05) is 6.92 Å². The van der Waals surface area contributed by atoms with Crippen LogP contribution < -0.4 is 19.5 Å². The van der Waals surface area contributed by atoms with Crippen molar-refractivity contribution in [1.82, 2.24) is 4.31 Å². The minimum atomic E-state index is -3.72. The van der Waals surface area contributed by atoms with Gasteiger partial charge in [0.1, 0.15) is 10.6 Å². The van der Waals surface area contributed by atoms with Crippen molar-refractivity contribution >= 4 is 21.6 Å². The molecule has 0 aliphatic carbocycles. The first kappa shape index (κ1) is 22.9. The smallest absolute Gasteiger partial charge is 0.255 e. The number of sulfonamides is 1. The van der Waals surface area contributed by atoms with E-state index in [0.29, 0.717) is 49.1 Å². The molecule has 31 heavy (non-hydrogen) atoms. The van der Waals surface area contributed by atoms with E-state index in [0.717, 1.165) is 12.8 Å². The van der Waals surface area contributed by atoms with Gasteiger partial charge >= 0.3 is 0 Å². The summed E-state index contributed by atoms with van der Waals surface area (Å²) in [5.74, 6) is 0.866. The standard InChI is InChI=1S/C22H28N2O6S/c1-4-29-18-10-8-16(14-20(18)28-3)22(25)23-17-9-11-19(30-5-2)21(15-17)31(26,27)24-12-6-7-13-24/h8-11,14-15H,4-7,12-13H2,1-3H3,(H,23,25). The number of nitrogens with zero attached hydrogens (tertiary/aromatic N) is 1. The fraction of sp³-hybridized carbons (Fsp3) is 0.409. The molecule has 1 heterocycles. The summed E-state index contributed by atoms with van der Waals surface area (Å²) in [7, 11) is -2.22. The fourth-order valence-electron chi connectivity index (χ4n) is 3.42. The van der Waals surface area contributed by atoms with E-state index in [4.69, 9.17) is 14.2 Å². The quantitative estimate of drug-likeness (QED) is 0.631. The summed E-state index contributed by atoms with van der Waals surface area (Å²) in [6.45, 7) is 5.43. The number of carbonyl (C=O) groups is 1. The highest BCUT2D eigenvalue weighted by Gasteiger charge is 2.30. The molecule has 0 spiro atoms. The summed E-state index contributed by atoms with van der Waals surface area (Å²) in [6, 6.07) is 9.51. The monoisotopic (exact) mass is 448 g/mol. The number of methoxy groups -OCH3 is 1. The van der Waals surface area contributed by atoms with Gasteiger partial charge in [0.15, 0.2) is 11.5 Å². The van der Waals surface area contributed by atoms with Gasteiger partial charge in [-0.15, -0.1) is 0 Å². The zero-order chi connectivity index (χ0) is 22.4.